The zero-order chi connectivity index (χ0) is 22.8. The average Bonchev–Trinajstić information content (AvgIpc) is 3.18. The second-order valence-electron chi connectivity index (χ2n) is 8.60. The van der Waals surface area contributed by atoms with Crippen molar-refractivity contribution < 1.29 is 14.3 Å². The third-order valence-electron chi connectivity index (χ3n) is 6.45. The van der Waals surface area contributed by atoms with Gasteiger partial charge in [-0.25, -0.2) is 4.90 Å². The van der Waals surface area contributed by atoms with Crippen LogP contribution in [0.4, 0.5) is 0 Å². The fourth-order valence-corrected chi connectivity index (χ4v) is 4.82. The first kappa shape index (κ1) is 21.4. The van der Waals surface area contributed by atoms with Crippen LogP contribution >= 0.6 is 0 Å². The number of esters is 1. The minimum absolute atomic E-state index is 0.137. The Labute approximate surface area is 193 Å². The Kier molecular flexibility index (Phi) is 5.70. The quantitative estimate of drug-likeness (QED) is 0.596. The molecule has 3 aromatic carbocycles. The maximum Gasteiger partial charge on any atom is 0.327 e. The predicted octanol–water partition coefficient (Wildman–Crippen LogP) is 2.71. The Morgan fingerprint density at radius 2 is 1.58 bits per heavy atom. The lowest BCUT2D eigenvalue weighted by atomic mass is 9.90. The van der Waals surface area contributed by atoms with E-state index >= 15 is 0 Å². The van der Waals surface area contributed by atoms with Gasteiger partial charge in [0.1, 0.15) is 12.1 Å². The van der Waals surface area contributed by atoms with Crippen LogP contribution in [-0.2, 0) is 26.6 Å². The maximum absolute atomic E-state index is 13.5. The summed E-state index contributed by atoms with van der Waals surface area (Å²) in [6.07, 6.45) is 0. The number of rotatable bonds is 5. The molecule has 0 spiro atoms. The zero-order valence-corrected chi connectivity index (χ0v) is 18.5. The predicted molar refractivity (Wildman–Crippen MR) is 125 cm³/mol. The van der Waals surface area contributed by atoms with Crippen LogP contribution < -0.4 is 10.6 Å². The maximum atomic E-state index is 13.5. The van der Waals surface area contributed by atoms with Crippen LogP contribution in [0.15, 0.2) is 84.9 Å². The molecule has 0 aromatic heterocycles. The Hall–Kier alpha value is -3.48. The van der Waals surface area contributed by atoms with E-state index in [1.165, 1.54) is 5.56 Å². The van der Waals surface area contributed by atoms with Crippen LogP contribution in [0.1, 0.15) is 22.3 Å². The van der Waals surface area contributed by atoms with E-state index in [0.29, 0.717) is 19.6 Å². The van der Waals surface area contributed by atoms with E-state index in [0.717, 1.165) is 16.7 Å². The van der Waals surface area contributed by atoms with Gasteiger partial charge in [-0.2, -0.15) is 0 Å². The van der Waals surface area contributed by atoms with E-state index in [1.54, 1.807) is 0 Å². The molecule has 0 bridgehead atoms. The molecule has 6 nitrogen and oxygen atoms in total. The number of carbonyl (C=O) groups excluding carboxylic acids is 2. The summed E-state index contributed by atoms with van der Waals surface area (Å²) in [4.78, 5) is 28.6. The van der Waals surface area contributed by atoms with E-state index in [2.05, 4.69) is 10.6 Å². The monoisotopic (exact) mass is 441 g/mol. The van der Waals surface area contributed by atoms with Crippen LogP contribution in [0.3, 0.4) is 0 Å². The van der Waals surface area contributed by atoms with Crippen molar-refractivity contribution in [2.24, 2.45) is 0 Å². The van der Waals surface area contributed by atoms with Crippen LogP contribution in [0, 0.1) is 6.92 Å². The van der Waals surface area contributed by atoms with Crippen LogP contribution in [0.5, 0.6) is 0 Å². The molecule has 1 amide bonds. The number of nitrogens with zero attached hydrogens (tertiary/aromatic N) is 1. The highest BCUT2D eigenvalue weighted by atomic mass is 16.6. The smallest absolute Gasteiger partial charge is 0.327 e. The first-order valence-electron chi connectivity index (χ1n) is 11.3. The molecule has 3 aromatic rings. The summed E-state index contributed by atoms with van der Waals surface area (Å²) in [5.41, 5.74) is 2.68. The molecule has 5 rings (SSSR count). The summed E-state index contributed by atoms with van der Waals surface area (Å²) >= 11 is 0. The number of aryl methyl sites for hydroxylation is 1. The average molecular weight is 442 g/mol. The van der Waals surface area contributed by atoms with Crippen molar-refractivity contribution in [3.05, 3.63) is 107 Å². The number of hydrogen-bond donors (Lipinski definition) is 2. The minimum Gasteiger partial charge on any atom is -0.434 e. The Morgan fingerprint density at radius 3 is 2.18 bits per heavy atom. The lowest BCUT2D eigenvalue weighted by molar-refractivity contribution is -0.153. The van der Waals surface area contributed by atoms with Gasteiger partial charge in [0.05, 0.1) is 0 Å². The summed E-state index contributed by atoms with van der Waals surface area (Å²) in [7, 11) is 0. The van der Waals surface area contributed by atoms with Crippen LogP contribution in [-0.4, -0.2) is 41.9 Å². The largest absolute Gasteiger partial charge is 0.434 e. The SMILES string of the molecule is Cc1ccc(CNC(=O)C2CNCC3C(=O)OC(c4ccccc4)(c4ccccc4)N23)cc1. The molecule has 2 unspecified atom stereocenters. The summed E-state index contributed by atoms with van der Waals surface area (Å²) in [6, 6.07) is 26.3. The van der Waals surface area contributed by atoms with Gasteiger partial charge in [-0.15, -0.1) is 0 Å². The van der Waals surface area contributed by atoms with E-state index in [4.69, 9.17) is 4.74 Å². The lowest BCUT2D eigenvalue weighted by Crippen LogP contribution is -2.65. The molecule has 0 aliphatic carbocycles. The summed E-state index contributed by atoms with van der Waals surface area (Å²) in [5, 5.41) is 6.33. The van der Waals surface area contributed by atoms with Crippen LogP contribution in [0.25, 0.3) is 0 Å². The number of nitrogens with one attached hydrogen (secondary N) is 2. The van der Waals surface area contributed by atoms with Gasteiger partial charge in [0.25, 0.3) is 0 Å². The summed E-state index contributed by atoms with van der Waals surface area (Å²) < 4.78 is 6.19. The van der Waals surface area contributed by atoms with Crippen molar-refractivity contribution >= 4 is 11.9 Å². The standard InChI is InChI=1S/C27H27N3O3/c1-19-12-14-20(15-13-19)16-29-25(31)23-17-28-18-24-26(32)33-27(30(23)24,21-8-4-2-5-9-21)22-10-6-3-7-11-22/h2-15,23-24,28H,16-18H2,1H3,(H,29,31). The van der Waals surface area contributed by atoms with Gasteiger partial charge in [0.2, 0.25) is 11.6 Å². The molecule has 33 heavy (non-hydrogen) atoms. The third kappa shape index (κ3) is 3.81. The normalized spacial score (nSPS) is 21.8. The Balaban J connectivity index is 1.53. The van der Waals surface area contributed by atoms with E-state index in [1.807, 2.05) is 96.8 Å². The van der Waals surface area contributed by atoms with Gasteiger partial charge < -0.3 is 15.4 Å². The number of piperazine rings is 1. The molecule has 2 heterocycles. The fraction of sp³-hybridized carbons (Fsp3) is 0.259. The molecule has 2 atom stereocenters. The van der Waals surface area contributed by atoms with Gasteiger partial charge in [0.15, 0.2) is 0 Å². The Bertz CT molecular complexity index is 1090. The summed E-state index contributed by atoms with van der Waals surface area (Å²) in [5.74, 6) is -0.464. The molecule has 2 fully saturated rings. The highest BCUT2D eigenvalue weighted by molar-refractivity contribution is 5.86. The number of carbonyl (C=O) groups is 2. The molecule has 2 aliphatic heterocycles. The molecule has 0 saturated carbocycles. The van der Waals surface area contributed by atoms with Crippen LogP contribution in [0.2, 0.25) is 0 Å². The number of cyclic esters (lactones) is 1. The number of hydrogen-bond acceptors (Lipinski definition) is 5. The second-order valence-corrected chi connectivity index (χ2v) is 8.60. The molecular formula is C27H27N3O3. The molecule has 0 radical (unpaired) electrons. The van der Waals surface area contributed by atoms with Gasteiger partial charge in [-0.3, -0.25) is 9.59 Å². The van der Waals surface area contributed by atoms with E-state index < -0.39 is 17.8 Å². The van der Waals surface area contributed by atoms with Gasteiger partial charge >= 0.3 is 5.97 Å². The fourth-order valence-electron chi connectivity index (χ4n) is 4.82. The van der Waals surface area contributed by atoms with Gasteiger partial charge in [-0.1, -0.05) is 90.5 Å². The molecule has 2 N–H and O–H groups in total. The minimum atomic E-state index is -1.17. The van der Waals surface area contributed by atoms with Crippen molar-refractivity contribution in [2.75, 3.05) is 13.1 Å². The number of benzene rings is 3. The van der Waals surface area contributed by atoms with Crippen molar-refractivity contribution in [1.82, 2.24) is 15.5 Å². The van der Waals surface area contributed by atoms with Crippen molar-refractivity contribution in [3.63, 3.8) is 0 Å². The van der Waals surface area contributed by atoms with E-state index in [9.17, 15) is 9.59 Å². The number of amides is 1. The highest BCUT2D eigenvalue weighted by Crippen LogP contribution is 2.45. The first-order valence-corrected chi connectivity index (χ1v) is 11.3. The summed E-state index contributed by atoms with van der Waals surface area (Å²) in [6.45, 7) is 3.32. The first-order chi connectivity index (χ1) is 16.1. The zero-order valence-electron chi connectivity index (χ0n) is 18.5. The molecule has 2 saturated heterocycles. The molecule has 2 aliphatic rings. The van der Waals surface area contributed by atoms with Gasteiger partial charge in [0, 0.05) is 30.8 Å². The Morgan fingerprint density at radius 1 is 0.970 bits per heavy atom. The van der Waals surface area contributed by atoms with Gasteiger partial charge in [-0.05, 0) is 12.5 Å². The van der Waals surface area contributed by atoms with Crippen molar-refractivity contribution in [3.8, 4) is 0 Å². The molecule has 6 heteroatoms. The third-order valence-corrected chi connectivity index (χ3v) is 6.45. The van der Waals surface area contributed by atoms with Crippen molar-refractivity contribution in [1.29, 1.82) is 0 Å². The van der Waals surface area contributed by atoms with Crippen molar-refractivity contribution in [2.45, 2.75) is 31.3 Å². The molecule has 168 valence electrons. The van der Waals surface area contributed by atoms with E-state index in [-0.39, 0.29) is 11.9 Å². The highest BCUT2D eigenvalue weighted by Gasteiger charge is 2.60. The number of fused-ring (bicyclic) bond motifs is 1. The second kappa shape index (κ2) is 8.81. The number of ether oxygens (including phenoxy) is 1. The molecular weight excluding hydrogens is 414 g/mol. The lowest BCUT2D eigenvalue weighted by Gasteiger charge is -2.44. The topological polar surface area (TPSA) is 70.7 Å².